The number of nitrogens with zero attached hydrogens (tertiary/aromatic N) is 1. The van der Waals surface area contributed by atoms with Crippen molar-refractivity contribution in [2.24, 2.45) is 0 Å². The normalized spacial score (nSPS) is 15.6. The van der Waals surface area contributed by atoms with E-state index in [1.165, 1.54) is 0 Å². The fraction of sp³-hybridized carbons (Fsp3) is 0.294. The van der Waals surface area contributed by atoms with Crippen LogP contribution in [-0.2, 0) is 12.6 Å². The van der Waals surface area contributed by atoms with E-state index >= 15 is 0 Å². The molecule has 3 nitrogen and oxygen atoms in total. The van der Waals surface area contributed by atoms with E-state index in [9.17, 15) is 22.4 Å². The number of benzene rings is 1. The first-order valence-electron chi connectivity index (χ1n) is 7.42. The number of hydrogen-bond donors (Lipinski definition) is 1. The van der Waals surface area contributed by atoms with Crippen LogP contribution in [0.2, 0.25) is 0 Å². The molecular formula is C17H14F4N2O. The number of rotatable bonds is 2. The number of amides is 1. The molecule has 1 aliphatic heterocycles. The molecule has 1 aromatic heterocycles. The van der Waals surface area contributed by atoms with Gasteiger partial charge in [-0.25, -0.2) is 4.39 Å². The second-order valence-electron chi connectivity index (χ2n) is 5.69. The fourth-order valence-corrected chi connectivity index (χ4v) is 2.76. The van der Waals surface area contributed by atoms with Gasteiger partial charge in [0.15, 0.2) is 0 Å². The maximum Gasteiger partial charge on any atom is 0.416 e. The number of carbonyl (C=O) groups excluding carboxylic acids is 1. The second kappa shape index (κ2) is 5.89. The van der Waals surface area contributed by atoms with Crippen molar-refractivity contribution in [2.45, 2.75) is 25.4 Å². The minimum Gasteiger partial charge on any atom is -0.352 e. The molecule has 1 unspecified atom stereocenters. The number of hydrogen-bond acceptors (Lipinski definition) is 2. The molecule has 0 aliphatic carbocycles. The third-order valence-corrected chi connectivity index (χ3v) is 4.12. The summed E-state index contributed by atoms with van der Waals surface area (Å²) in [4.78, 5) is 16.1. The van der Waals surface area contributed by atoms with Crippen molar-refractivity contribution >= 4 is 5.91 Å². The number of pyridine rings is 1. The van der Waals surface area contributed by atoms with E-state index in [2.05, 4.69) is 10.3 Å². The zero-order valence-electron chi connectivity index (χ0n) is 12.7. The van der Waals surface area contributed by atoms with Crippen LogP contribution in [0.15, 0.2) is 30.3 Å². The summed E-state index contributed by atoms with van der Waals surface area (Å²) in [5.41, 5.74) is 0.486. The van der Waals surface area contributed by atoms with Gasteiger partial charge in [-0.15, -0.1) is 0 Å². The molecule has 1 aromatic carbocycles. The Labute approximate surface area is 135 Å². The van der Waals surface area contributed by atoms with Crippen LogP contribution in [0.4, 0.5) is 17.6 Å². The summed E-state index contributed by atoms with van der Waals surface area (Å²) < 4.78 is 52.6. The molecule has 126 valence electrons. The Hall–Kier alpha value is -2.44. The molecule has 1 amide bonds. The summed E-state index contributed by atoms with van der Waals surface area (Å²) in [7, 11) is 0. The van der Waals surface area contributed by atoms with Crippen LogP contribution >= 0.6 is 0 Å². The first-order chi connectivity index (χ1) is 11.3. The van der Waals surface area contributed by atoms with Crippen molar-refractivity contribution in [3.8, 4) is 0 Å². The van der Waals surface area contributed by atoms with E-state index in [1.807, 2.05) is 0 Å². The Balaban J connectivity index is 2.00. The van der Waals surface area contributed by atoms with Crippen molar-refractivity contribution in [3.63, 3.8) is 0 Å². The van der Waals surface area contributed by atoms with Gasteiger partial charge < -0.3 is 5.32 Å². The molecule has 1 N–H and O–H groups in total. The highest BCUT2D eigenvalue weighted by atomic mass is 19.4. The van der Waals surface area contributed by atoms with Crippen molar-refractivity contribution < 1.29 is 22.4 Å². The number of aromatic nitrogens is 1. The molecular weight excluding hydrogens is 324 g/mol. The highest BCUT2D eigenvalue weighted by molar-refractivity contribution is 5.96. The van der Waals surface area contributed by atoms with Gasteiger partial charge in [0, 0.05) is 24.6 Å². The molecule has 2 aromatic rings. The predicted molar refractivity (Wildman–Crippen MR) is 79.2 cm³/mol. The summed E-state index contributed by atoms with van der Waals surface area (Å²) in [6.07, 6.45) is -4.00. The molecule has 7 heteroatoms. The number of alkyl halides is 3. The molecule has 3 rings (SSSR count). The van der Waals surface area contributed by atoms with E-state index in [0.29, 0.717) is 29.9 Å². The Bertz CT molecular complexity index is 802. The van der Waals surface area contributed by atoms with E-state index in [-0.39, 0.29) is 11.5 Å². The Morgan fingerprint density at radius 2 is 1.96 bits per heavy atom. The number of carbonyl (C=O) groups is 1. The van der Waals surface area contributed by atoms with Crippen LogP contribution in [0.5, 0.6) is 0 Å². The van der Waals surface area contributed by atoms with Gasteiger partial charge in [0.05, 0.1) is 16.8 Å². The lowest BCUT2D eigenvalue weighted by Gasteiger charge is -2.19. The molecule has 0 bridgehead atoms. The van der Waals surface area contributed by atoms with Gasteiger partial charge in [-0.2, -0.15) is 13.2 Å². The lowest BCUT2D eigenvalue weighted by Crippen LogP contribution is -2.32. The number of fused-ring (bicyclic) bond motifs is 1. The molecule has 1 aliphatic rings. The van der Waals surface area contributed by atoms with Crippen LogP contribution in [0, 0.1) is 5.82 Å². The SMILES string of the molecule is CC(c1ccc2c(n1)CCNC2=O)c1cc(C(F)(F)F)ccc1F. The largest absolute Gasteiger partial charge is 0.416 e. The Morgan fingerprint density at radius 3 is 2.67 bits per heavy atom. The highest BCUT2D eigenvalue weighted by Crippen LogP contribution is 2.34. The van der Waals surface area contributed by atoms with E-state index in [0.717, 1.165) is 18.2 Å². The Morgan fingerprint density at radius 1 is 1.21 bits per heavy atom. The molecule has 0 fully saturated rings. The monoisotopic (exact) mass is 338 g/mol. The highest BCUT2D eigenvalue weighted by Gasteiger charge is 2.32. The lowest BCUT2D eigenvalue weighted by molar-refractivity contribution is -0.137. The zero-order chi connectivity index (χ0) is 17.5. The summed E-state index contributed by atoms with van der Waals surface area (Å²) >= 11 is 0. The molecule has 0 saturated heterocycles. The van der Waals surface area contributed by atoms with Crippen molar-refractivity contribution in [2.75, 3.05) is 6.54 Å². The minimum atomic E-state index is -4.54. The third-order valence-electron chi connectivity index (χ3n) is 4.12. The van der Waals surface area contributed by atoms with Crippen LogP contribution in [0.3, 0.4) is 0 Å². The van der Waals surface area contributed by atoms with Gasteiger partial charge >= 0.3 is 6.18 Å². The van der Waals surface area contributed by atoms with Gasteiger partial charge in [-0.05, 0) is 35.9 Å². The van der Waals surface area contributed by atoms with Crippen LogP contribution < -0.4 is 5.32 Å². The Kier molecular flexibility index (Phi) is 4.03. The summed E-state index contributed by atoms with van der Waals surface area (Å²) in [5.74, 6) is -1.61. The maximum absolute atomic E-state index is 14.0. The van der Waals surface area contributed by atoms with Gasteiger partial charge in [-0.1, -0.05) is 6.92 Å². The quantitative estimate of drug-likeness (QED) is 0.849. The molecule has 1 atom stereocenters. The van der Waals surface area contributed by atoms with Crippen molar-refractivity contribution in [1.82, 2.24) is 10.3 Å². The predicted octanol–water partition coefficient (Wildman–Crippen LogP) is 3.68. The third kappa shape index (κ3) is 2.98. The summed E-state index contributed by atoms with van der Waals surface area (Å²) in [6, 6.07) is 5.48. The molecule has 0 spiro atoms. The van der Waals surface area contributed by atoms with E-state index in [4.69, 9.17) is 0 Å². The smallest absolute Gasteiger partial charge is 0.352 e. The van der Waals surface area contributed by atoms with E-state index < -0.39 is 23.5 Å². The fourth-order valence-electron chi connectivity index (χ4n) is 2.76. The number of nitrogens with one attached hydrogen (secondary N) is 1. The first-order valence-corrected chi connectivity index (χ1v) is 7.42. The lowest BCUT2D eigenvalue weighted by atomic mass is 9.93. The van der Waals surface area contributed by atoms with Crippen molar-refractivity contribution in [1.29, 1.82) is 0 Å². The van der Waals surface area contributed by atoms with Crippen LogP contribution in [0.25, 0.3) is 0 Å². The molecule has 0 radical (unpaired) electrons. The molecule has 24 heavy (non-hydrogen) atoms. The number of halogens is 4. The minimum absolute atomic E-state index is 0.0717. The first kappa shape index (κ1) is 16.4. The van der Waals surface area contributed by atoms with E-state index in [1.54, 1.807) is 19.1 Å². The van der Waals surface area contributed by atoms with Crippen molar-refractivity contribution in [3.05, 3.63) is 64.2 Å². The van der Waals surface area contributed by atoms with Crippen LogP contribution in [0.1, 0.15) is 45.7 Å². The average molecular weight is 338 g/mol. The van der Waals surface area contributed by atoms with Crippen LogP contribution in [-0.4, -0.2) is 17.4 Å². The topological polar surface area (TPSA) is 42.0 Å². The summed E-state index contributed by atoms with van der Waals surface area (Å²) in [6.45, 7) is 2.05. The molecule has 2 heterocycles. The van der Waals surface area contributed by atoms with Gasteiger partial charge in [0.25, 0.3) is 5.91 Å². The van der Waals surface area contributed by atoms with Gasteiger partial charge in [0.2, 0.25) is 0 Å². The van der Waals surface area contributed by atoms with Gasteiger partial charge in [0.1, 0.15) is 5.82 Å². The average Bonchev–Trinajstić information content (AvgIpc) is 2.53. The second-order valence-corrected chi connectivity index (χ2v) is 5.69. The molecule has 0 saturated carbocycles. The zero-order valence-corrected chi connectivity index (χ0v) is 12.7. The van der Waals surface area contributed by atoms with Gasteiger partial charge in [-0.3, -0.25) is 9.78 Å². The maximum atomic E-state index is 14.0. The standard InChI is InChI=1S/C17H14F4N2O/c1-9(12-8-10(17(19,20)21)2-4-13(12)18)14-5-3-11-15(23-14)6-7-22-16(11)24/h2-5,8-9H,6-7H2,1H3,(H,22,24). The summed E-state index contributed by atoms with van der Waals surface area (Å²) in [5, 5.41) is 2.69.